The molecule has 0 fully saturated rings. The summed E-state index contributed by atoms with van der Waals surface area (Å²) in [5.74, 6) is -0.461. The predicted octanol–water partition coefficient (Wildman–Crippen LogP) is 1.53. The van der Waals surface area contributed by atoms with Crippen molar-refractivity contribution in [2.75, 3.05) is 17.6 Å². The average Bonchev–Trinajstić information content (AvgIpc) is 2.53. The van der Waals surface area contributed by atoms with E-state index in [-0.39, 0.29) is 0 Å². The lowest BCUT2D eigenvalue weighted by Gasteiger charge is -2.07. The lowest BCUT2D eigenvalue weighted by atomic mass is 10.2. The quantitative estimate of drug-likeness (QED) is 0.666. The summed E-state index contributed by atoms with van der Waals surface area (Å²) >= 11 is 0. The highest BCUT2D eigenvalue weighted by Gasteiger charge is 2.05. The van der Waals surface area contributed by atoms with Crippen molar-refractivity contribution in [3.05, 3.63) is 22.7 Å². The molecule has 0 bridgehead atoms. The van der Waals surface area contributed by atoms with Gasteiger partial charge in [-0.15, -0.1) is 0 Å². The number of nitrogens with two attached hydrogens (primary N) is 1. The zero-order chi connectivity index (χ0) is 10.8. The molecule has 4 N–H and O–H groups in total. The van der Waals surface area contributed by atoms with Gasteiger partial charge in [0.05, 0.1) is 16.9 Å². The smallest absolute Gasteiger partial charge is 0.408 e. The molecule has 15 heavy (non-hydrogen) atoms. The molecule has 0 saturated carbocycles. The van der Waals surface area contributed by atoms with Crippen LogP contribution in [0.4, 0.5) is 11.4 Å². The Kier molecular flexibility index (Phi) is 2.37. The Labute approximate surface area is 86.3 Å². The molecule has 0 radical (unpaired) electrons. The summed E-state index contributed by atoms with van der Waals surface area (Å²) in [6.07, 6.45) is 1.01. The van der Waals surface area contributed by atoms with Crippen LogP contribution in [0.2, 0.25) is 0 Å². The van der Waals surface area contributed by atoms with Crippen molar-refractivity contribution in [3.63, 3.8) is 0 Å². The van der Waals surface area contributed by atoms with E-state index in [1.807, 2.05) is 0 Å². The molecule has 5 heteroatoms. The maximum Gasteiger partial charge on any atom is 0.417 e. The number of fused-ring (bicyclic) bond motifs is 1. The van der Waals surface area contributed by atoms with Crippen molar-refractivity contribution < 1.29 is 4.42 Å². The molecule has 1 aromatic carbocycles. The van der Waals surface area contributed by atoms with Gasteiger partial charge in [-0.05, 0) is 12.5 Å². The summed E-state index contributed by atoms with van der Waals surface area (Å²) in [6.45, 7) is 2.92. The molecular formula is C10H13N3O2. The van der Waals surface area contributed by atoms with Gasteiger partial charge >= 0.3 is 5.76 Å². The molecular weight excluding hydrogens is 194 g/mol. The van der Waals surface area contributed by atoms with Crippen LogP contribution in [0, 0.1) is 0 Å². The van der Waals surface area contributed by atoms with E-state index in [0.29, 0.717) is 16.8 Å². The van der Waals surface area contributed by atoms with E-state index < -0.39 is 5.76 Å². The molecule has 0 saturated heterocycles. The van der Waals surface area contributed by atoms with Crippen molar-refractivity contribution >= 4 is 22.5 Å². The van der Waals surface area contributed by atoms with E-state index in [9.17, 15) is 4.79 Å². The largest absolute Gasteiger partial charge is 0.417 e. The van der Waals surface area contributed by atoms with Crippen LogP contribution < -0.4 is 16.8 Å². The van der Waals surface area contributed by atoms with Crippen LogP contribution in [0.15, 0.2) is 21.3 Å². The van der Waals surface area contributed by atoms with Crippen LogP contribution in [-0.2, 0) is 0 Å². The van der Waals surface area contributed by atoms with Crippen LogP contribution >= 0.6 is 0 Å². The number of aromatic nitrogens is 1. The van der Waals surface area contributed by atoms with E-state index in [1.165, 1.54) is 0 Å². The third-order valence-electron chi connectivity index (χ3n) is 2.16. The summed E-state index contributed by atoms with van der Waals surface area (Å²) in [6, 6.07) is 3.43. The molecule has 1 aromatic heterocycles. The monoisotopic (exact) mass is 207 g/mol. The lowest BCUT2D eigenvalue weighted by molar-refractivity contribution is 0.555. The minimum Gasteiger partial charge on any atom is -0.408 e. The number of H-pyrrole nitrogens is 1. The van der Waals surface area contributed by atoms with Gasteiger partial charge in [-0.25, -0.2) is 4.79 Å². The fourth-order valence-corrected chi connectivity index (χ4v) is 1.43. The fourth-order valence-electron chi connectivity index (χ4n) is 1.43. The molecule has 0 aliphatic heterocycles. The average molecular weight is 207 g/mol. The number of oxazole rings is 1. The van der Waals surface area contributed by atoms with Gasteiger partial charge in [-0.3, -0.25) is 4.98 Å². The Balaban J connectivity index is 2.46. The van der Waals surface area contributed by atoms with Gasteiger partial charge in [-0.1, -0.05) is 6.92 Å². The van der Waals surface area contributed by atoms with Crippen molar-refractivity contribution in [1.82, 2.24) is 4.98 Å². The minimum absolute atomic E-state index is 0.461. The van der Waals surface area contributed by atoms with Gasteiger partial charge in [-0.2, -0.15) is 0 Å². The minimum atomic E-state index is -0.461. The second-order valence-electron chi connectivity index (χ2n) is 3.38. The highest BCUT2D eigenvalue weighted by Crippen LogP contribution is 2.24. The van der Waals surface area contributed by atoms with Gasteiger partial charge < -0.3 is 15.5 Å². The lowest BCUT2D eigenvalue weighted by Crippen LogP contribution is -2.02. The molecule has 0 unspecified atom stereocenters. The molecule has 5 nitrogen and oxygen atoms in total. The number of hydrogen-bond acceptors (Lipinski definition) is 4. The number of nitrogen functional groups attached to an aromatic ring is 1. The van der Waals surface area contributed by atoms with Gasteiger partial charge in [0.2, 0.25) is 0 Å². The molecule has 2 aromatic rings. The number of rotatable bonds is 3. The van der Waals surface area contributed by atoms with Crippen molar-refractivity contribution in [1.29, 1.82) is 0 Å². The third kappa shape index (κ3) is 1.81. The summed E-state index contributed by atoms with van der Waals surface area (Å²) in [5, 5.41) is 3.18. The van der Waals surface area contributed by atoms with E-state index in [2.05, 4.69) is 17.2 Å². The van der Waals surface area contributed by atoms with Crippen LogP contribution in [0.25, 0.3) is 11.1 Å². The van der Waals surface area contributed by atoms with Gasteiger partial charge in [0.1, 0.15) is 0 Å². The summed E-state index contributed by atoms with van der Waals surface area (Å²) in [7, 11) is 0. The summed E-state index contributed by atoms with van der Waals surface area (Å²) in [4.78, 5) is 13.5. The van der Waals surface area contributed by atoms with E-state index in [0.717, 1.165) is 18.7 Å². The zero-order valence-corrected chi connectivity index (χ0v) is 8.46. The van der Waals surface area contributed by atoms with E-state index >= 15 is 0 Å². The molecule has 0 atom stereocenters. The first kappa shape index (κ1) is 9.64. The summed E-state index contributed by atoms with van der Waals surface area (Å²) in [5.41, 5.74) is 8.35. The standard InChI is InChI=1S/C10H13N3O2/c1-2-3-12-7-5-8-9(4-6(7)11)15-10(14)13-8/h4-5,12H,2-3,11H2,1H3,(H,13,14). The van der Waals surface area contributed by atoms with Gasteiger partial charge in [0, 0.05) is 12.6 Å². The zero-order valence-electron chi connectivity index (χ0n) is 8.46. The second kappa shape index (κ2) is 3.68. The Hall–Kier alpha value is -1.91. The predicted molar refractivity (Wildman–Crippen MR) is 60.0 cm³/mol. The first-order chi connectivity index (χ1) is 7.20. The molecule has 0 amide bonds. The second-order valence-corrected chi connectivity index (χ2v) is 3.38. The molecule has 0 aliphatic carbocycles. The highest BCUT2D eigenvalue weighted by atomic mass is 16.4. The van der Waals surface area contributed by atoms with E-state index in [1.54, 1.807) is 12.1 Å². The Morgan fingerprint density at radius 1 is 1.53 bits per heavy atom. The maximum absolute atomic E-state index is 10.9. The SMILES string of the molecule is CCCNc1cc2[nH]c(=O)oc2cc1N. The summed E-state index contributed by atoms with van der Waals surface area (Å²) < 4.78 is 4.89. The van der Waals surface area contributed by atoms with Crippen molar-refractivity contribution in [3.8, 4) is 0 Å². The molecule has 2 rings (SSSR count). The first-order valence-electron chi connectivity index (χ1n) is 4.87. The van der Waals surface area contributed by atoms with Gasteiger partial charge in [0.15, 0.2) is 5.58 Å². The fraction of sp³-hybridized carbons (Fsp3) is 0.300. The Morgan fingerprint density at radius 3 is 3.07 bits per heavy atom. The Bertz CT molecular complexity index is 527. The number of aromatic amines is 1. The molecule has 0 aliphatic rings. The van der Waals surface area contributed by atoms with E-state index in [4.69, 9.17) is 10.2 Å². The van der Waals surface area contributed by atoms with Crippen molar-refractivity contribution in [2.45, 2.75) is 13.3 Å². The molecule has 0 spiro atoms. The van der Waals surface area contributed by atoms with Crippen LogP contribution in [0.3, 0.4) is 0 Å². The van der Waals surface area contributed by atoms with Gasteiger partial charge in [0.25, 0.3) is 0 Å². The number of benzene rings is 1. The number of nitrogens with one attached hydrogen (secondary N) is 2. The maximum atomic E-state index is 10.9. The van der Waals surface area contributed by atoms with Crippen LogP contribution in [0.1, 0.15) is 13.3 Å². The Morgan fingerprint density at radius 2 is 2.33 bits per heavy atom. The highest BCUT2D eigenvalue weighted by molar-refractivity contribution is 5.85. The topological polar surface area (TPSA) is 84.0 Å². The van der Waals surface area contributed by atoms with Crippen LogP contribution in [0.5, 0.6) is 0 Å². The van der Waals surface area contributed by atoms with Crippen LogP contribution in [-0.4, -0.2) is 11.5 Å². The number of hydrogen-bond donors (Lipinski definition) is 3. The number of anilines is 2. The first-order valence-corrected chi connectivity index (χ1v) is 4.87. The molecule has 80 valence electrons. The normalized spacial score (nSPS) is 10.7. The third-order valence-corrected chi connectivity index (χ3v) is 2.16. The van der Waals surface area contributed by atoms with Crippen molar-refractivity contribution in [2.24, 2.45) is 0 Å². The molecule has 1 heterocycles.